The van der Waals surface area contributed by atoms with Gasteiger partial charge in [0.15, 0.2) is 0 Å². The van der Waals surface area contributed by atoms with Gasteiger partial charge in [-0.25, -0.2) is 0 Å². The minimum atomic E-state index is 0.538. The van der Waals surface area contributed by atoms with Crippen LogP contribution in [0.15, 0.2) is 30.3 Å². The molecule has 0 unspecified atom stereocenters. The highest BCUT2D eigenvalue weighted by Gasteiger charge is 2.27. The lowest BCUT2D eigenvalue weighted by Crippen LogP contribution is -2.46. The van der Waals surface area contributed by atoms with Crippen LogP contribution in [0.2, 0.25) is 0 Å². The number of hydrogen-bond acceptors (Lipinski definition) is 3. The summed E-state index contributed by atoms with van der Waals surface area (Å²) in [5.41, 5.74) is 1.42. The number of hydrogen-bond donors (Lipinski definition) is 0. The van der Waals surface area contributed by atoms with E-state index in [-0.39, 0.29) is 0 Å². The van der Waals surface area contributed by atoms with E-state index in [1.807, 2.05) is 0 Å². The molecule has 0 N–H and O–H groups in total. The van der Waals surface area contributed by atoms with Crippen LogP contribution in [0.1, 0.15) is 5.56 Å². The number of nitrogens with zero attached hydrogens (tertiary/aromatic N) is 2. The molecule has 3 heteroatoms. The first-order valence-corrected chi connectivity index (χ1v) is 6.50. The van der Waals surface area contributed by atoms with Crippen LogP contribution in [0.4, 0.5) is 0 Å². The monoisotopic (exact) mass is 232 g/mol. The van der Waals surface area contributed by atoms with Crippen LogP contribution in [0.3, 0.4) is 0 Å². The van der Waals surface area contributed by atoms with E-state index < -0.39 is 0 Å². The van der Waals surface area contributed by atoms with Crippen LogP contribution in [-0.4, -0.2) is 55.2 Å². The predicted octanol–water partition coefficient (Wildman–Crippen LogP) is 1.20. The maximum Gasteiger partial charge on any atom is 0.0936 e. The number of benzene rings is 1. The summed E-state index contributed by atoms with van der Waals surface area (Å²) in [7, 11) is 0. The van der Waals surface area contributed by atoms with Crippen LogP contribution in [-0.2, 0) is 11.3 Å². The number of rotatable bonds is 4. The largest absolute Gasteiger partial charge is 0.372 e. The molecule has 2 fully saturated rings. The Labute approximate surface area is 103 Å². The third-order valence-electron chi connectivity index (χ3n) is 3.58. The van der Waals surface area contributed by atoms with Gasteiger partial charge in [0.05, 0.1) is 12.7 Å². The molecular formula is C14H20N2O. The van der Waals surface area contributed by atoms with Gasteiger partial charge in [-0.2, -0.15) is 0 Å². The molecule has 0 spiro atoms. The Balaban J connectivity index is 1.44. The van der Waals surface area contributed by atoms with Crippen molar-refractivity contribution in [2.24, 2.45) is 0 Å². The quantitative estimate of drug-likeness (QED) is 0.727. The van der Waals surface area contributed by atoms with Gasteiger partial charge in [0.25, 0.3) is 0 Å². The predicted molar refractivity (Wildman–Crippen MR) is 67.9 cm³/mol. The van der Waals surface area contributed by atoms with Crippen LogP contribution in [0.5, 0.6) is 0 Å². The first-order chi connectivity index (χ1) is 8.40. The van der Waals surface area contributed by atoms with Crippen LogP contribution in [0.25, 0.3) is 0 Å². The van der Waals surface area contributed by atoms with Gasteiger partial charge in [-0.05, 0) is 5.56 Å². The second kappa shape index (κ2) is 5.17. The lowest BCUT2D eigenvalue weighted by atomic mass is 10.2. The summed E-state index contributed by atoms with van der Waals surface area (Å²) in [5.74, 6) is 0. The molecule has 0 amide bonds. The van der Waals surface area contributed by atoms with E-state index >= 15 is 0 Å². The summed E-state index contributed by atoms with van der Waals surface area (Å²) in [5, 5.41) is 0. The van der Waals surface area contributed by atoms with E-state index in [1.54, 1.807) is 0 Å². The fourth-order valence-corrected chi connectivity index (χ4v) is 2.43. The zero-order valence-corrected chi connectivity index (χ0v) is 10.2. The van der Waals surface area contributed by atoms with Gasteiger partial charge < -0.3 is 4.74 Å². The lowest BCUT2D eigenvalue weighted by Gasteiger charge is -2.34. The fourth-order valence-electron chi connectivity index (χ4n) is 2.43. The SMILES string of the molecule is c1ccc(CN2CCN(C[C@@H]3CO3)CC2)cc1. The van der Waals surface area contributed by atoms with Crippen molar-refractivity contribution in [3.8, 4) is 0 Å². The second-order valence-corrected chi connectivity index (χ2v) is 5.02. The van der Waals surface area contributed by atoms with Crippen molar-refractivity contribution in [1.29, 1.82) is 0 Å². The van der Waals surface area contributed by atoms with E-state index in [0.29, 0.717) is 6.10 Å². The molecule has 0 saturated carbocycles. The number of ether oxygens (including phenoxy) is 1. The van der Waals surface area contributed by atoms with E-state index in [0.717, 1.165) is 19.7 Å². The van der Waals surface area contributed by atoms with Crippen LogP contribution in [0, 0.1) is 0 Å². The second-order valence-electron chi connectivity index (χ2n) is 5.02. The van der Waals surface area contributed by atoms with Gasteiger partial charge in [0.2, 0.25) is 0 Å². The molecule has 0 bridgehead atoms. The van der Waals surface area contributed by atoms with Crippen molar-refractivity contribution in [2.75, 3.05) is 39.3 Å². The molecule has 2 aliphatic rings. The molecule has 1 aromatic carbocycles. The molecule has 0 aromatic heterocycles. The Morgan fingerprint density at radius 1 is 1.00 bits per heavy atom. The summed E-state index contributed by atoms with van der Waals surface area (Å²) in [6, 6.07) is 10.7. The summed E-state index contributed by atoms with van der Waals surface area (Å²) >= 11 is 0. The third kappa shape index (κ3) is 3.28. The maximum atomic E-state index is 5.28. The zero-order chi connectivity index (χ0) is 11.5. The standard InChI is InChI=1S/C14H20N2O/c1-2-4-13(5-3-1)10-15-6-8-16(9-7-15)11-14-12-17-14/h1-5,14H,6-12H2/t14-/m1/s1. The molecule has 0 aliphatic carbocycles. The third-order valence-corrected chi connectivity index (χ3v) is 3.58. The summed E-state index contributed by atoms with van der Waals surface area (Å²) in [4.78, 5) is 5.07. The zero-order valence-electron chi connectivity index (χ0n) is 10.2. The Hall–Kier alpha value is -0.900. The molecule has 2 heterocycles. The van der Waals surface area contributed by atoms with Crippen LogP contribution >= 0.6 is 0 Å². The average molecular weight is 232 g/mol. The normalized spacial score (nSPS) is 26.0. The average Bonchev–Trinajstić information content (AvgIpc) is 3.17. The fraction of sp³-hybridized carbons (Fsp3) is 0.571. The van der Waals surface area contributed by atoms with Gasteiger partial charge in [-0.15, -0.1) is 0 Å². The Morgan fingerprint density at radius 3 is 2.29 bits per heavy atom. The van der Waals surface area contributed by atoms with E-state index in [4.69, 9.17) is 4.74 Å². The minimum absolute atomic E-state index is 0.538. The highest BCUT2D eigenvalue weighted by atomic mass is 16.6. The highest BCUT2D eigenvalue weighted by molar-refractivity contribution is 5.14. The molecule has 1 atom stereocenters. The number of epoxide rings is 1. The molecule has 17 heavy (non-hydrogen) atoms. The highest BCUT2D eigenvalue weighted by Crippen LogP contribution is 2.13. The number of piperazine rings is 1. The van der Waals surface area contributed by atoms with Crippen molar-refractivity contribution in [1.82, 2.24) is 9.80 Å². The first kappa shape index (κ1) is 11.2. The van der Waals surface area contributed by atoms with Gasteiger partial charge in [-0.1, -0.05) is 30.3 Å². The topological polar surface area (TPSA) is 19.0 Å². The van der Waals surface area contributed by atoms with Gasteiger partial charge in [0.1, 0.15) is 0 Å². The van der Waals surface area contributed by atoms with Gasteiger partial charge in [0, 0.05) is 39.3 Å². The molecule has 3 rings (SSSR count). The van der Waals surface area contributed by atoms with E-state index in [2.05, 4.69) is 40.1 Å². The molecule has 92 valence electrons. The van der Waals surface area contributed by atoms with Crippen molar-refractivity contribution in [3.63, 3.8) is 0 Å². The smallest absolute Gasteiger partial charge is 0.0936 e. The lowest BCUT2D eigenvalue weighted by molar-refractivity contribution is 0.120. The molecule has 0 radical (unpaired) electrons. The van der Waals surface area contributed by atoms with Crippen molar-refractivity contribution in [2.45, 2.75) is 12.6 Å². The maximum absolute atomic E-state index is 5.28. The van der Waals surface area contributed by atoms with Crippen molar-refractivity contribution in [3.05, 3.63) is 35.9 Å². The Kier molecular flexibility index (Phi) is 3.41. The molecule has 2 aliphatic heterocycles. The summed E-state index contributed by atoms with van der Waals surface area (Å²) in [6.07, 6.45) is 0.538. The van der Waals surface area contributed by atoms with Gasteiger partial charge in [-0.3, -0.25) is 9.80 Å². The molecule has 1 aromatic rings. The van der Waals surface area contributed by atoms with Crippen molar-refractivity contribution >= 4 is 0 Å². The molecular weight excluding hydrogens is 212 g/mol. The Morgan fingerprint density at radius 2 is 1.65 bits per heavy atom. The van der Waals surface area contributed by atoms with E-state index in [1.165, 1.54) is 31.7 Å². The van der Waals surface area contributed by atoms with E-state index in [9.17, 15) is 0 Å². The Bertz CT molecular complexity index is 342. The summed E-state index contributed by atoms with van der Waals surface area (Å²) < 4.78 is 5.28. The molecule has 2 saturated heterocycles. The summed E-state index contributed by atoms with van der Waals surface area (Å²) in [6.45, 7) is 7.95. The van der Waals surface area contributed by atoms with Crippen molar-refractivity contribution < 1.29 is 4.74 Å². The molecule has 3 nitrogen and oxygen atoms in total. The van der Waals surface area contributed by atoms with Gasteiger partial charge >= 0.3 is 0 Å². The van der Waals surface area contributed by atoms with Crippen LogP contribution < -0.4 is 0 Å². The first-order valence-electron chi connectivity index (χ1n) is 6.50. The minimum Gasteiger partial charge on any atom is -0.372 e.